The number of pyridine rings is 1. The Kier molecular flexibility index (Phi) is 4.93. The number of nitrogens with one attached hydrogen (secondary N) is 1. The summed E-state index contributed by atoms with van der Waals surface area (Å²) in [5.41, 5.74) is 1.16. The van der Waals surface area contributed by atoms with Crippen LogP contribution in [0.3, 0.4) is 0 Å². The average molecular weight is 276 g/mol. The van der Waals surface area contributed by atoms with E-state index < -0.39 is 0 Å². The normalized spacial score (nSPS) is 10.9. The maximum Gasteiger partial charge on any atom is 0.123 e. The van der Waals surface area contributed by atoms with Crippen molar-refractivity contribution >= 4 is 11.8 Å². The highest BCUT2D eigenvalue weighted by atomic mass is 32.2. The van der Waals surface area contributed by atoms with Gasteiger partial charge in [0.25, 0.3) is 0 Å². The summed E-state index contributed by atoms with van der Waals surface area (Å²) in [5.74, 6) is -0.216. The van der Waals surface area contributed by atoms with Gasteiger partial charge in [0.05, 0.1) is 0 Å². The van der Waals surface area contributed by atoms with E-state index in [1.807, 2.05) is 6.07 Å². The van der Waals surface area contributed by atoms with Gasteiger partial charge < -0.3 is 5.32 Å². The maximum absolute atomic E-state index is 12.9. The van der Waals surface area contributed by atoms with Crippen molar-refractivity contribution in [3.05, 3.63) is 54.0 Å². The predicted octanol–water partition coefficient (Wildman–Crippen LogP) is 3.87. The minimum Gasteiger partial charge on any atom is -0.310 e. The lowest BCUT2D eigenvalue weighted by Gasteiger charge is -2.11. The molecule has 1 N–H and O–H groups in total. The minimum atomic E-state index is -0.216. The molecule has 1 heterocycles. The average Bonchev–Trinajstić information content (AvgIpc) is 2.40. The molecule has 0 radical (unpaired) electrons. The third-order valence-electron chi connectivity index (χ3n) is 2.58. The molecular weight excluding hydrogens is 259 g/mol. The number of rotatable bonds is 5. The van der Waals surface area contributed by atoms with Crippen molar-refractivity contribution in [1.29, 1.82) is 0 Å². The lowest BCUT2D eigenvalue weighted by Crippen LogP contribution is -2.22. The number of halogens is 1. The molecule has 0 aliphatic rings. The molecule has 19 heavy (non-hydrogen) atoms. The SMILES string of the molecule is CC(C)NCc1cccnc1Sc1ccc(F)cc1. The Balaban J connectivity index is 2.13. The van der Waals surface area contributed by atoms with Crippen LogP contribution in [0, 0.1) is 5.82 Å². The summed E-state index contributed by atoms with van der Waals surface area (Å²) in [6.45, 7) is 5.02. The van der Waals surface area contributed by atoms with Gasteiger partial charge in [-0.25, -0.2) is 9.37 Å². The first-order valence-electron chi connectivity index (χ1n) is 6.26. The zero-order valence-electron chi connectivity index (χ0n) is 11.1. The molecule has 0 spiro atoms. The van der Waals surface area contributed by atoms with Gasteiger partial charge in [-0.15, -0.1) is 0 Å². The van der Waals surface area contributed by atoms with Crippen molar-refractivity contribution in [3.8, 4) is 0 Å². The van der Waals surface area contributed by atoms with E-state index in [-0.39, 0.29) is 5.82 Å². The van der Waals surface area contributed by atoms with Gasteiger partial charge in [-0.2, -0.15) is 0 Å². The molecule has 100 valence electrons. The first-order valence-corrected chi connectivity index (χ1v) is 7.07. The minimum absolute atomic E-state index is 0.216. The summed E-state index contributed by atoms with van der Waals surface area (Å²) >= 11 is 1.56. The van der Waals surface area contributed by atoms with E-state index in [2.05, 4.69) is 30.2 Å². The predicted molar refractivity (Wildman–Crippen MR) is 76.7 cm³/mol. The van der Waals surface area contributed by atoms with Crippen LogP contribution in [0.5, 0.6) is 0 Å². The lowest BCUT2D eigenvalue weighted by molar-refractivity contribution is 0.582. The Hall–Kier alpha value is -1.39. The van der Waals surface area contributed by atoms with E-state index in [9.17, 15) is 4.39 Å². The van der Waals surface area contributed by atoms with Gasteiger partial charge in [-0.05, 0) is 35.9 Å². The fraction of sp³-hybridized carbons (Fsp3) is 0.267. The molecule has 1 aromatic heterocycles. The van der Waals surface area contributed by atoms with E-state index in [4.69, 9.17) is 0 Å². The quantitative estimate of drug-likeness (QED) is 0.897. The van der Waals surface area contributed by atoms with Crippen LogP contribution in [-0.4, -0.2) is 11.0 Å². The van der Waals surface area contributed by atoms with Crippen molar-refractivity contribution in [2.45, 2.75) is 36.4 Å². The van der Waals surface area contributed by atoms with Gasteiger partial charge in [0.1, 0.15) is 10.8 Å². The van der Waals surface area contributed by atoms with Crippen molar-refractivity contribution in [1.82, 2.24) is 10.3 Å². The molecule has 0 amide bonds. The highest BCUT2D eigenvalue weighted by molar-refractivity contribution is 7.99. The van der Waals surface area contributed by atoms with Crippen LogP contribution in [-0.2, 0) is 6.54 Å². The fourth-order valence-electron chi connectivity index (χ4n) is 1.58. The Morgan fingerprint density at radius 1 is 1.21 bits per heavy atom. The third kappa shape index (κ3) is 4.33. The summed E-state index contributed by atoms with van der Waals surface area (Å²) < 4.78 is 12.9. The van der Waals surface area contributed by atoms with Gasteiger partial charge in [-0.3, -0.25) is 0 Å². The second-order valence-corrected chi connectivity index (χ2v) is 5.62. The molecule has 4 heteroatoms. The summed E-state index contributed by atoms with van der Waals surface area (Å²) in [7, 11) is 0. The van der Waals surface area contributed by atoms with E-state index in [0.717, 1.165) is 22.0 Å². The summed E-state index contributed by atoms with van der Waals surface area (Å²) in [6, 6.07) is 10.9. The molecular formula is C15H17FN2S. The zero-order valence-corrected chi connectivity index (χ0v) is 11.9. The molecule has 0 saturated carbocycles. The van der Waals surface area contributed by atoms with Gasteiger partial charge >= 0.3 is 0 Å². The van der Waals surface area contributed by atoms with Crippen molar-refractivity contribution in [3.63, 3.8) is 0 Å². The molecule has 0 unspecified atom stereocenters. The molecule has 2 nitrogen and oxygen atoms in total. The molecule has 2 aromatic rings. The Morgan fingerprint density at radius 2 is 1.95 bits per heavy atom. The van der Waals surface area contributed by atoms with Crippen LogP contribution < -0.4 is 5.32 Å². The number of aromatic nitrogens is 1. The number of nitrogens with zero attached hydrogens (tertiary/aromatic N) is 1. The maximum atomic E-state index is 12.9. The molecule has 1 aromatic carbocycles. The molecule has 0 aliphatic heterocycles. The largest absolute Gasteiger partial charge is 0.310 e. The van der Waals surface area contributed by atoms with E-state index >= 15 is 0 Å². The van der Waals surface area contributed by atoms with Gasteiger partial charge in [0.15, 0.2) is 0 Å². The highest BCUT2D eigenvalue weighted by Gasteiger charge is 2.06. The van der Waals surface area contributed by atoms with Crippen LogP contribution in [0.1, 0.15) is 19.4 Å². The Labute approximate surface area is 117 Å². The van der Waals surface area contributed by atoms with E-state index in [1.165, 1.54) is 12.1 Å². The summed E-state index contributed by atoms with van der Waals surface area (Å²) in [6.07, 6.45) is 1.78. The monoisotopic (exact) mass is 276 g/mol. The van der Waals surface area contributed by atoms with Crippen LogP contribution in [0.4, 0.5) is 4.39 Å². The second-order valence-electron chi connectivity index (χ2n) is 4.56. The van der Waals surface area contributed by atoms with Crippen molar-refractivity contribution in [2.75, 3.05) is 0 Å². The first-order chi connectivity index (χ1) is 9.15. The van der Waals surface area contributed by atoms with E-state index in [0.29, 0.717) is 6.04 Å². The van der Waals surface area contributed by atoms with Crippen LogP contribution in [0.2, 0.25) is 0 Å². The van der Waals surface area contributed by atoms with Crippen LogP contribution >= 0.6 is 11.8 Å². The topological polar surface area (TPSA) is 24.9 Å². The van der Waals surface area contributed by atoms with Crippen molar-refractivity contribution < 1.29 is 4.39 Å². The highest BCUT2D eigenvalue weighted by Crippen LogP contribution is 2.28. The molecule has 0 bridgehead atoms. The smallest absolute Gasteiger partial charge is 0.123 e. The zero-order chi connectivity index (χ0) is 13.7. The van der Waals surface area contributed by atoms with Crippen LogP contribution in [0.15, 0.2) is 52.5 Å². The molecule has 0 atom stereocenters. The van der Waals surface area contributed by atoms with Crippen LogP contribution in [0.25, 0.3) is 0 Å². The molecule has 0 saturated heterocycles. The van der Waals surface area contributed by atoms with Crippen molar-refractivity contribution in [2.24, 2.45) is 0 Å². The molecule has 0 aliphatic carbocycles. The van der Waals surface area contributed by atoms with Gasteiger partial charge in [0, 0.05) is 23.7 Å². The third-order valence-corrected chi connectivity index (χ3v) is 3.65. The Bertz CT molecular complexity index is 526. The number of hydrogen-bond acceptors (Lipinski definition) is 3. The number of hydrogen-bond donors (Lipinski definition) is 1. The first kappa shape index (κ1) is 14.0. The van der Waals surface area contributed by atoms with Gasteiger partial charge in [-0.1, -0.05) is 31.7 Å². The second kappa shape index (κ2) is 6.68. The Morgan fingerprint density at radius 3 is 2.63 bits per heavy atom. The van der Waals surface area contributed by atoms with Gasteiger partial charge in [0.2, 0.25) is 0 Å². The standard InChI is InChI=1S/C15H17FN2S/c1-11(2)18-10-12-4-3-9-17-15(12)19-14-7-5-13(16)6-8-14/h3-9,11,18H,10H2,1-2H3. The lowest BCUT2D eigenvalue weighted by atomic mass is 10.2. The fourth-order valence-corrected chi connectivity index (χ4v) is 2.46. The van der Waals surface area contributed by atoms with E-state index in [1.54, 1.807) is 30.1 Å². The summed E-state index contributed by atoms with van der Waals surface area (Å²) in [4.78, 5) is 5.40. The number of benzene rings is 1. The molecule has 2 rings (SSSR count). The summed E-state index contributed by atoms with van der Waals surface area (Å²) in [5, 5.41) is 4.34. The molecule has 0 fully saturated rings.